The van der Waals surface area contributed by atoms with E-state index >= 15 is 0 Å². The molecule has 0 aliphatic carbocycles. The van der Waals surface area contributed by atoms with Crippen molar-refractivity contribution in [2.45, 2.75) is 39.3 Å². The van der Waals surface area contributed by atoms with Crippen LogP contribution in [-0.2, 0) is 4.79 Å². The van der Waals surface area contributed by atoms with E-state index in [1.54, 1.807) is 6.20 Å². The molecule has 0 spiro atoms. The molecule has 7 heteroatoms. The van der Waals surface area contributed by atoms with Crippen LogP contribution in [0, 0.1) is 13.8 Å². The van der Waals surface area contributed by atoms with Crippen molar-refractivity contribution in [2.75, 3.05) is 10.2 Å². The van der Waals surface area contributed by atoms with Crippen LogP contribution >= 0.6 is 12.2 Å². The van der Waals surface area contributed by atoms with Crippen molar-refractivity contribution in [3.63, 3.8) is 0 Å². The maximum atomic E-state index is 11.8. The van der Waals surface area contributed by atoms with Crippen molar-refractivity contribution in [1.82, 2.24) is 10.3 Å². The molecule has 0 radical (unpaired) electrons. The molecule has 6 nitrogen and oxygen atoms in total. The number of pyridine rings is 1. The third-order valence-electron chi connectivity index (χ3n) is 5.23. The summed E-state index contributed by atoms with van der Waals surface area (Å²) >= 11 is 5.72. The molecule has 1 amide bonds. The zero-order valence-corrected chi connectivity index (χ0v) is 18.0. The van der Waals surface area contributed by atoms with Crippen molar-refractivity contribution in [2.24, 2.45) is 0 Å². The largest absolute Gasteiger partial charge is 0.464 e. The van der Waals surface area contributed by atoms with Gasteiger partial charge < -0.3 is 20.0 Å². The number of nitrogens with zero attached hydrogens (tertiary/aromatic N) is 2. The van der Waals surface area contributed by atoms with Gasteiger partial charge in [0, 0.05) is 24.0 Å². The van der Waals surface area contributed by atoms with Crippen LogP contribution in [0.4, 0.5) is 11.4 Å². The summed E-state index contributed by atoms with van der Waals surface area (Å²) < 4.78 is 6.01. The minimum atomic E-state index is -0.184. The van der Waals surface area contributed by atoms with Crippen molar-refractivity contribution in [1.29, 1.82) is 0 Å². The molecule has 154 valence electrons. The predicted molar refractivity (Wildman–Crippen MR) is 121 cm³/mol. The molecule has 0 unspecified atom stereocenters. The highest BCUT2D eigenvalue weighted by Gasteiger charge is 2.42. The van der Waals surface area contributed by atoms with Crippen molar-refractivity contribution in [3.05, 3.63) is 77.5 Å². The van der Waals surface area contributed by atoms with Gasteiger partial charge in [0.2, 0.25) is 5.91 Å². The van der Waals surface area contributed by atoms with E-state index in [4.69, 9.17) is 16.6 Å². The minimum absolute atomic E-state index is 0.0108. The highest BCUT2D eigenvalue weighted by atomic mass is 32.1. The summed E-state index contributed by atoms with van der Waals surface area (Å²) in [5, 5.41) is 6.96. The van der Waals surface area contributed by atoms with Gasteiger partial charge in [0.15, 0.2) is 5.11 Å². The molecule has 1 aliphatic heterocycles. The first kappa shape index (κ1) is 20.1. The van der Waals surface area contributed by atoms with E-state index in [1.165, 1.54) is 0 Å². The van der Waals surface area contributed by atoms with Crippen LogP contribution < -0.4 is 15.5 Å². The smallest absolute Gasteiger partial charge is 0.224 e. The Labute approximate surface area is 181 Å². The number of aryl methyl sites for hydroxylation is 2. The lowest BCUT2D eigenvalue weighted by Crippen LogP contribution is -2.29. The Morgan fingerprint density at radius 2 is 2.07 bits per heavy atom. The second kappa shape index (κ2) is 8.28. The number of rotatable bonds is 5. The van der Waals surface area contributed by atoms with Gasteiger partial charge in [-0.1, -0.05) is 13.0 Å². The summed E-state index contributed by atoms with van der Waals surface area (Å²) in [6, 6.07) is 15.4. The third-order valence-corrected chi connectivity index (χ3v) is 5.55. The Hall–Kier alpha value is -3.19. The number of aromatic nitrogens is 1. The summed E-state index contributed by atoms with van der Waals surface area (Å²) in [5.74, 6) is 1.65. The predicted octanol–water partition coefficient (Wildman–Crippen LogP) is 4.82. The number of benzene rings is 1. The molecular formula is C23H24N4O2S. The van der Waals surface area contributed by atoms with Crippen molar-refractivity contribution in [3.8, 4) is 0 Å². The molecule has 30 heavy (non-hydrogen) atoms. The second-order valence-corrected chi connectivity index (χ2v) is 7.73. The fourth-order valence-electron chi connectivity index (χ4n) is 3.71. The molecule has 3 heterocycles. The number of carbonyl (C=O) groups is 1. The Balaban J connectivity index is 1.74. The standard InChI is InChI=1S/C23H24N4O2S/c1-4-20(28)25-17-10-9-16(13-14(17)2)27-22(19-11-8-15(3)29-19)21(26-23(27)30)18-7-5-6-12-24-18/h5-13,21-22H,4H2,1-3H3,(H,25,28)(H,26,30)/t21-,22+/m0/s1. The van der Waals surface area contributed by atoms with Crippen molar-refractivity contribution < 1.29 is 9.21 Å². The van der Waals surface area contributed by atoms with Crippen LogP contribution in [0.3, 0.4) is 0 Å². The first-order valence-corrected chi connectivity index (χ1v) is 10.4. The highest BCUT2D eigenvalue weighted by molar-refractivity contribution is 7.80. The molecule has 1 aliphatic rings. The van der Waals surface area contributed by atoms with E-state index in [-0.39, 0.29) is 18.0 Å². The average molecular weight is 421 g/mol. The molecular weight excluding hydrogens is 396 g/mol. The second-order valence-electron chi connectivity index (χ2n) is 7.35. The van der Waals surface area contributed by atoms with Gasteiger partial charge in [-0.2, -0.15) is 0 Å². The molecule has 0 saturated carbocycles. The number of thiocarbonyl (C=S) groups is 1. The van der Waals surface area contributed by atoms with E-state index in [0.29, 0.717) is 11.5 Å². The van der Waals surface area contributed by atoms with Gasteiger partial charge in [0.05, 0.1) is 11.7 Å². The minimum Gasteiger partial charge on any atom is -0.464 e. The monoisotopic (exact) mass is 420 g/mol. The lowest BCUT2D eigenvalue weighted by molar-refractivity contribution is -0.115. The molecule has 3 aromatic rings. The van der Waals surface area contributed by atoms with Crippen LogP contribution in [0.2, 0.25) is 0 Å². The normalized spacial score (nSPS) is 18.4. The molecule has 2 atom stereocenters. The molecule has 1 aromatic carbocycles. The Morgan fingerprint density at radius 1 is 1.23 bits per heavy atom. The van der Waals surface area contributed by atoms with Crippen LogP contribution in [0.15, 0.2) is 59.1 Å². The molecule has 4 rings (SSSR count). The number of carbonyl (C=O) groups excluding carboxylic acids is 1. The summed E-state index contributed by atoms with van der Waals surface area (Å²) in [6.07, 6.45) is 2.22. The Kier molecular flexibility index (Phi) is 5.55. The number of anilines is 2. The number of hydrogen-bond donors (Lipinski definition) is 2. The molecule has 2 N–H and O–H groups in total. The quantitative estimate of drug-likeness (QED) is 0.577. The van der Waals surface area contributed by atoms with E-state index in [2.05, 4.69) is 20.5 Å². The lowest BCUT2D eigenvalue weighted by Gasteiger charge is -2.26. The fourth-order valence-corrected chi connectivity index (χ4v) is 4.06. The van der Waals surface area contributed by atoms with Crippen LogP contribution in [0.1, 0.15) is 48.2 Å². The van der Waals surface area contributed by atoms with E-state index in [1.807, 2.05) is 69.3 Å². The first-order chi connectivity index (χ1) is 14.5. The molecule has 0 bridgehead atoms. The van der Waals surface area contributed by atoms with Gasteiger partial charge in [-0.15, -0.1) is 0 Å². The summed E-state index contributed by atoms with van der Waals surface area (Å²) in [7, 11) is 0. The SMILES string of the molecule is CCC(=O)Nc1ccc(N2C(=S)N[C@@H](c3ccccn3)[C@H]2c2ccc(C)o2)cc1C. The van der Waals surface area contributed by atoms with E-state index < -0.39 is 0 Å². The average Bonchev–Trinajstić information content (AvgIpc) is 3.32. The number of nitrogens with one attached hydrogen (secondary N) is 2. The van der Waals surface area contributed by atoms with E-state index in [0.717, 1.165) is 34.2 Å². The topological polar surface area (TPSA) is 70.4 Å². The number of furan rings is 1. The summed E-state index contributed by atoms with van der Waals surface area (Å²) in [4.78, 5) is 18.4. The third kappa shape index (κ3) is 3.80. The van der Waals surface area contributed by atoms with Crippen LogP contribution in [-0.4, -0.2) is 16.0 Å². The van der Waals surface area contributed by atoms with Crippen LogP contribution in [0.5, 0.6) is 0 Å². The first-order valence-electron chi connectivity index (χ1n) is 9.95. The van der Waals surface area contributed by atoms with Gasteiger partial charge >= 0.3 is 0 Å². The van der Waals surface area contributed by atoms with Gasteiger partial charge in [-0.3, -0.25) is 9.78 Å². The highest BCUT2D eigenvalue weighted by Crippen LogP contribution is 2.42. The van der Waals surface area contributed by atoms with Gasteiger partial charge in [0.25, 0.3) is 0 Å². The molecule has 1 fully saturated rings. The Bertz CT molecular complexity index is 1080. The van der Waals surface area contributed by atoms with Crippen molar-refractivity contribution >= 4 is 34.6 Å². The molecule has 2 aromatic heterocycles. The number of amides is 1. The van der Waals surface area contributed by atoms with Gasteiger partial charge in [-0.25, -0.2) is 0 Å². The maximum absolute atomic E-state index is 11.8. The zero-order valence-electron chi connectivity index (χ0n) is 17.2. The zero-order chi connectivity index (χ0) is 21.3. The summed E-state index contributed by atoms with van der Waals surface area (Å²) in [6.45, 7) is 5.74. The number of hydrogen-bond acceptors (Lipinski definition) is 4. The fraction of sp³-hybridized carbons (Fsp3) is 0.261. The summed E-state index contributed by atoms with van der Waals surface area (Å²) in [5.41, 5.74) is 3.59. The lowest BCUT2D eigenvalue weighted by atomic mass is 10.0. The van der Waals surface area contributed by atoms with Gasteiger partial charge in [-0.05, 0) is 74.1 Å². The Morgan fingerprint density at radius 3 is 2.70 bits per heavy atom. The maximum Gasteiger partial charge on any atom is 0.224 e. The van der Waals surface area contributed by atoms with Gasteiger partial charge in [0.1, 0.15) is 17.6 Å². The molecule has 1 saturated heterocycles. The van der Waals surface area contributed by atoms with E-state index in [9.17, 15) is 4.79 Å². The van der Waals surface area contributed by atoms with Crippen LogP contribution in [0.25, 0.3) is 0 Å².